The topological polar surface area (TPSA) is 39.1 Å². The van der Waals surface area contributed by atoms with E-state index in [4.69, 9.17) is 4.74 Å². The van der Waals surface area contributed by atoms with Crippen molar-refractivity contribution >= 4 is 0 Å². The van der Waals surface area contributed by atoms with Gasteiger partial charge in [0, 0.05) is 18.8 Å². The number of aryl methyl sites for hydroxylation is 2. The largest absolute Gasteiger partial charge is 0.497 e. The van der Waals surface area contributed by atoms with E-state index in [1.807, 2.05) is 43.9 Å². The molecule has 1 unspecified atom stereocenters. The van der Waals surface area contributed by atoms with Gasteiger partial charge in [-0.2, -0.15) is 5.10 Å². The molecule has 2 rings (SSSR count). The molecule has 1 aromatic carbocycles. The van der Waals surface area contributed by atoms with Crippen LogP contribution in [-0.4, -0.2) is 23.9 Å². The first kappa shape index (κ1) is 12.6. The van der Waals surface area contributed by atoms with Crippen molar-refractivity contribution in [3.8, 4) is 5.75 Å². The first-order valence-electron chi connectivity index (χ1n) is 5.97. The van der Waals surface area contributed by atoms with E-state index in [1.54, 1.807) is 7.11 Å². The fourth-order valence-electron chi connectivity index (χ4n) is 2.22. The second-order valence-corrected chi connectivity index (χ2v) is 4.34. The van der Waals surface area contributed by atoms with Gasteiger partial charge in [-0.3, -0.25) is 4.68 Å². The summed E-state index contributed by atoms with van der Waals surface area (Å²) in [7, 11) is 5.58. The highest BCUT2D eigenvalue weighted by molar-refractivity contribution is 5.37. The third-order valence-corrected chi connectivity index (χ3v) is 3.08. The molecule has 0 saturated heterocycles. The standard InChI is InChI=1S/C14H19N3O/c1-10-13(9-17(3)16-10)14(15-2)11-6-5-7-12(8-11)18-4/h5-9,14-15H,1-4H3. The summed E-state index contributed by atoms with van der Waals surface area (Å²) in [6.45, 7) is 2.03. The Morgan fingerprint density at radius 3 is 2.72 bits per heavy atom. The fraction of sp³-hybridized carbons (Fsp3) is 0.357. The maximum Gasteiger partial charge on any atom is 0.119 e. The zero-order valence-corrected chi connectivity index (χ0v) is 11.3. The van der Waals surface area contributed by atoms with Crippen molar-refractivity contribution < 1.29 is 4.74 Å². The van der Waals surface area contributed by atoms with Crippen LogP contribution in [0.25, 0.3) is 0 Å². The number of nitrogens with one attached hydrogen (secondary N) is 1. The van der Waals surface area contributed by atoms with Gasteiger partial charge in [0.05, 0.1) is 18.8 Å². The van der Waals surface area contributed by atoms with Crippen molar-refractivity contribution in [2.75, 3.05) is 14.2 Å². The van der Waals surface area contributed by atoms with Gasteiger partial charge in [0.1, 0.15) is 5.75 Å². The number of ether oxygens (including phenoxy) is 1. The van der Waals surface area contributed by atoms with Crippen LogP contribution in [0.2, 0.25) is 0 Å². The van der Waals surface area contributed by atoms with Gasteiger partial charge < -0.3 is 10.1 Å². The molecule has 0 radical (unpaired) electrons. The molecule has 0 aliphatic heterocycles. The number of aromatic nitrogens is 2. The molecule has 0 fully saturated rings. The van der Waals surface area contributed by atoms with Crippen LogP contribution in [0, 0.1) is 6.92 Å². The lowest BCUT2D eigenvalue weighted by molar-refractivity contribution is 0.414. The summed E-state index contributed by atoms with van der Waals surface area (Å²) in [5.74, 6) is 0.870. The Morgan fingerprint density at radius 2 is 2.17 bits per heavy atom. The monoisotopic (exact) mass is 245 g/mol. The number of nitrogens with zero attached hydrogens (tertiary/aromatic N) is 2. The van der Waals surface area contributed by atoms with Crippen molar-refractivity contribution in [3.63, 3.8) is 0 Å². The molecule has 0 saturated carbocycles. The highest BCUT2D eigenvalue weighted by Gasteiger charge is 2.17. The molecule has 0 amide bonds. The summed E-state index contributed by atoms with van der Waals surface area (Å²) in [6.07, 6.45) is 2.05. The molecule has 4 heteroatoms. The molecule has 1 N–H and O–H groups in total. The van der Waals surface area contributed by atoms with Crippen LogP contribution in [0.3, 0.4) is 0 Å². The minimum absolute atomic E-state index is 0.133. The fourth-order valence-corrected chi connectivity index (χ4v) is 2.22. The summed E-state index contributed by atoms with van der Waals surface area (Å²) in [5, 5.41) is 7.72. The van der Waals surface area contributed by atoms with E-state index in [9.17, 15) is 0 Å². The average Bonchev–Trinajstić information content (AvgIpc) is 2.70. The van der Waals surface area contributed by atoms with Crippen LogP contribution in [0.1, 0.15) is 22.9 Å². The molecule has 96 valence electrons. The van der Waals surface area contributed by atoms with Gasteiger partial charge >= 0.3 is 0 Å². The van der Waals surface area contributed by atoms with Crippen LogP contribution < -0.4 is 10.1 Å². The number of rotatable bonds is 4. The van der Waals surface area contributed by atoms with Crippen molar-refractivity contribution in [2.24, 2.45) is 7.05 Å². The number of hydrogen-bond donors (Lipinski definition) is 1. The highest BCUT2D eigenvalue weighted by atomic mass is 16.5. The lowest BCUT2D eigenvalue weighted by atomic mass is 9.99. The molecule has 4 nitrogen and oxygen atoms in total. The maximum absolute atomic E-state index is 5.27. The van der Waals surface area contributed by atoms with Gasteiger partial charge in [-0.15, -0.1) is 0 Å². The van der Waals surface area contributed by atoms with E-state index in [0.29, 0.717) is 0 Å². The minimum Gasteiger partial charge on any atom is -0.497 e. The van der Waals surface area contributed by atoms with E-state index >= 15 is 0 Å². The van der Waals surface area contributed by atoms with E-state index in [0.717, 1.165) is 11.4 Å². The molecule has 2 aromatic rings. The van der Waals surface area contributed by atoms with Crippen molar-refractivity contribution in [3.05, 3.63) is 47.3 Å². The SMILES string of the molecule is CNC(c1cccc(OC)c1)c1cn(C)nc1C. The van der Waals surface area contributed by atoms with Gasteiger partial charge in [0.15, 0.2) is 0 Å². The van der Waals surface area contributed by atoms with Gasteiger partial charge in [-0.25, -0.2) is 0 Å². The summed E-state index contributed by atoms with van der Waals surface area (Å²) in [4.78, 5) is 0. The molecular weight excluding hydrogens is 226 g/mol. The molecule has 0 aliphatic rings. The molecule has 1 heterocycles. The van der Waals surface area contributed by atoms with Gasteiger partial charge in [-0.1, -0.05) is 12.1 Å². The highest BCUT2D eigenvalue weighted by Crippen LogP contribution is 2.26. The van der Waals surface area contributed by atoms with Crippen LogP contribution in [0.5, 0.6) is 5.75 Å². The van der Waals surface area contributed by atoms with Gasteiger partial charge in [0.25, 0.3) is 0 Å². The van der Waals surface area contributed by atoms with Crippen LogP contribution >= 0.6 is 0 Å². The number of methoxy groups -OCH3 is 1. The average molecular weight is 245 g/mol. The second-order valence-electron chi connectivity index (χ2n) is 4.34. The Balaban J connectivity index is 2.41. The van der Waals surface area contributed by atoms with Crippen molar-refractivity contribution in [2.45, 2.75) is 13.0 Å². The van der Waals surface area contributed by atoms with E-state index in [-0.39, 0.29) is 6.04 Å². The molecule has 18 heavy (non-hydrogen) atoms. The van der Waals surface area contributed by atoms with Crippen LogP contribution in [0.4, 0.5) is 0 Å². The second kappa shape index (κ2) is 5.23. The van der Waals surface area contributed by atoms with E-state index in [1.165, 1.54) is 11.1 Å². The van der Waals surface area contributed by atoms with E-state index in [2.05, 4.69) is 22.7 Å². The predicted molar refractivity (Wildman–Crippen MR) is 71.8 cm³/mol. The summed E-state index contributed by atoms with van der Waals surface area (Å²) in [5.41, 5.74) is 3.40. The summed E-state index contributed by atoms with van der Waals surface area (Å²) >= 11 is 0. The normalized spacial score (nSPS) is 12.4. The Bertz CT molecular complexity index is 534. The Kier molecular flexibility index (Phi) is 3.67. The molecule has 0 aliphatic carbocycles. The Morgan fingerprint density at radius 1 is 1.39 bits per heavy atom. The molecule has 0 spiro atoms. The van der Waals surface area contributed by atoms with Gasteiger partial charge in [-0.05, 0) is 31.7 Å². The smallest absolute Gasteiger partial charge is 0.119 e. The van der Waals surface area contributed by atoms with Gasteiger partial charge in [0.2, 0.25) is 0 Å². The molecule has 0 bridgehead atoms. The number of hydrogen-bond acceptors (Lipinski definition) is 3. The summed E-state index contributed by atoms with van der Waals surface area (Å²) < 4.78 is 7.11. The Labute approximate surface area is 108 Å². The summed E-state index contributed by atoms with van der Waals surface area (Å²) in [6, 6.07) is 8.23. The minimum atomic E-state index is 0.133. The van der Waals surface area contributed by atoms with Crippen molar-refractivity contribution in [1.29, 1.82) is 0 Å². The Hall–Kier alpha value is -1.81. The predicted octanol–water partition coefficient (Wildman–Crippen LogP) is 2.05. The molecule has 1 aromatic heterocycles. The third-order valence-electron chi connectivity index (χ3n) is 3.08. The third kappa shape index (κ3) is 2.38. The van der Waals surface area contributed by atoms with Crippen LogP contribution in [-0.2, 0) is 7.05 Å². The molecule has 1 atom stereocenters. The number of benzene rings is 1. The zero-order valence-electron chi connectivity index (χ0n) is 11.3. The molecular formula is C14H19N3O. The maximum atomic E-state index is 5.27. The zero-order chi connectivity index (χ0) is 13.1. The lowest BCUT2D eigenvalue weighted by Crippen LogP contribution is -2.18. The lowest BCUT2D eigenvalue weighted by Gasteiger charge is -2.16. The van der Waals surface area contributed by atoms with Crippen LogP contribution in [0.15, 0.2) is 30.5 Å². The quantitative estimate of drug-likeness (QED) is 0.896. The van der Waals surface area contributed by atoms with E-state index < -0.39 is 0 Å². The first-order valence-corrected chi connectivity index (χ1v) is 5.97. The van der Waals surface area contributed by atoms with Crippen molar-refractivity contribution in [1.82, 2.24) is 15.1 Å². The first-order chi connectivity index (χ1) is 8.65.